The highest BCUT2D eigenvalue weighted by Crippen LogP contribution is 2.34. The molecule has 1 aliphatic heterocycles. The first-order valence-corrected chi connectivity index (χ1v) is 14.5. The van der Waals surface area contributed by atoms with Crippen LogP contribution in [0.25, 0.3) is 0 Å². The van der Waals surface area contributed by atoms with Gasteiger partial charge in [-0.05, 0) is 69.1 Å². The van der Waals surface area contributed by atoms with E-state index in [0.717, 1.165) is 11.1 Å². The number of rotatable bonds is 8. The van der Waals surface area contributed by atoms with E-state index < -0.39 is 15.4 Å². The average molecular weight is 561 g/mol. The van der Waals surface area contributed by atoms with Crippen molar-refractivity contribution in [3.8, 4) is 0 Å². The predicted molar refractivity (Wildman–Crippen MR) is 144 cm³/mol. The van der Waals surface area contributed by atoms with Gasteiger partial charge >= 0.3 is 0 Å². The highest BCUT2D eigenvalue weighted by molar-refractivity contribution is 7.88. The monoisotopic (exact) mass is 559 g/mol. The fourth-order valence-corrected chi connectivity index (χ4v) is 6.07. The minimum Gasteiger partial charge on any atom is -0.349 e. The Balaban J connectivity index is 1.80. The summed E-state index contributed by atoms with van der Waals surface area (Å²) in [4.78, 5) is 15.9. The minimum atomic E-state index is -3.24. The molecule has 1 fully saturated rings. The van der Waals surface area contributed by atoms with Crippen LogP contribution in [0.2, 0.25) is 15.1 Å². The molecule has 3 rings (SSSR count). The standard InChI is InChI=1S/C25H32Cl3N3O3S/c1-17-16-30(13-14-31(17)35(4,33)34)12-11-25(3,20-7-10-22(27)23(28)15-20)24(32)29-18(2)19-5-8-21(26)9-6-19/h5-10,15,17-18H,11-14,16H2,1-4H3,(H,29,32)/t17-,18?,25?/m0/s1. The van der Waals surface area contributed by atoms with Crippen molar-refractivity contribution in [2.24, 2.45) is 0 Å². The molecule has 6 nitrogen and oxygen atoms in total. The van der Waals surface area contributed by atoms with Crippen molar-refractivity contribution in [1.29, 1.82) is 0 Å². The van der Waals surface area contributed by atoms with Crippen molar-refractivity contribution < 1.29 is 13.2 Å². The molecule has 0 saturated carbocycles. The van der Waals surface area contributed by atoms with Gasteiger partial charge < -0.3 is 10.2 Å². The maximum Gasteiger partial charge on any atom is 0.230 e. The van der Waals surface area contributed by atoms with Crippen LogP contribution in [0, 0.1) is 0 Å². The van der Waals surface area contributed by atoms with Crippen LogP contribution >= 0.6 is 34.8 Å². The molecule has 3 atom stereocenters. The summed E-state index contributed by atoms with van der Waals surface area (Å²) in [6.45, 7) is 8.02. The quantitative estimate of drug-likeness (QED) is 0.486. The summed E-state index contributed by atoms with van der Waals surface area (Å²) in [6.07, 6.45) is 1.77. The van der Waals surface area contributed by atoms with Gasteiger partial charge in [0.25, 0.3) is 0 Å². The number of nitrogens with one attached hydrogen (secondary N) is 1. The summed E-state index contributed by atoms with van der Waals surface area (Å²) in [5.41, 5.74) is 0.840. The number of carbonyl (C=O) groups excluding carboxylic acids is 1. The van der Waals surface area contributed by atoms with E-state index >= 15 is 0 Å². The molecule has 192 valence electrons. The zero-order valence-electron chi connectivity index (χ0n) is 20.4. The van der Waals surface area contributed by atoms with E-state index in [1.54, 1.807) is 24.3 Å². The van der Waals surface area contributed by atoms with Gasteiger partial charge in [0.2, 0.25) is 15.9 Å². The third-order valence-electron chi connectivity index (χ3n) is 6.78. The summed E-state index contributed by atoms with van der Waals surface area (Å²) in [6, 6.07) is 12.3. The van der Waals surface area contributed by atoms with E-state index in [0.29, 0.717) is 47.7 Å². The number of nitrogens with zero attached hydrogens (tertiary/aromatic N) is 2. The number of piperazine rings is 1. The van der Waals surface area contributed by atoms with Crippen LogP contribution < -0.4 is 5.32 Å². The van der Waals surface area contributed by atoms with Crippen molar-refractivity contribution >= 4 is 50.7 Å². The molecule has 2 aromatic rings. The molecule has 2 unspecified atom stereocenters. The Morgan fingerprint density at radius 1 is 1.11 bits per heavy atom. The molecule has 1 saturated heterocycles. The molecule has 2 aromatic carbocycles. The van der Waals surface area contributed by atoms with E-state index in [1.165, 1.54) is 10.6 Å². The highest BCUT2D eigenvalue weighted by Gasteiger charge is 2.38. The van der Waals surface area contributed by atoms with Gasteiger partial charge in [-0.15, -0.1) is 0 Å². The van der Waals surface area contributed by atoms with Gasteiger partial charge in [0.05, 0.1) is 27.8 Å². The Hall–Kier alpha value is -1.35. The first-order valence-electron chi connectivity index (χ1n) is 11.5. The van der Waals surface area contributed by atoms with Crippen LogP contribution in [0.5, 0.6) is 0 Å². The molecule has 0 aliphatic carbocycles. The van der Waals surface area contributed by atoms with Crippen molar-refractivity contribution in [1.82, 2.24) is 14.5 Å². The molecule has 1 heterocycles. The number of sulfonamides is 1. The second-order valence-electron chi connectivity index (χ2n) is 9.48. The van der Waals surface area contributed by atoms with Crippen LogP contribution in [0.3, 0.4) is 0 Å². The summed E-state index contributed by atoms with van der Waals surface area (Å²) in [7, 11) is -3.24. The number of carbonyl (C=O) groups is 1. The van der Waals surface area contributed by atoms with Crippen LogP contribution in [-0.2, 0) is 20.2 Å². The van der Waals surface area contributed by atoms with Crippen molar-refractivity contribution in [2.75, 3.05) is 32.4 Å². The van der Waals surface area contributed by atoms with E-state index in [9.17, 15) is 13.2 Å². The summed E-state index contributed by atoms with van der Waals surface area (Å²) >= 11 is 18.5. The van der Waals surface area contributed by atoms with Gasteiger partial charge in [-0.1, -0.05) is 53.0 Å². The lowest BCUT2D eigenvalue weighted by Gasteiger charge is -2.40. The lowest BCUT2D eigenvalue weighted by molar-refractivity contribution is -0.127. The Kier molecular flexibility index (Phi) is 9.16. The van der Waals surface area contributed by atoms with Crippen molar-refractivity contribution in [3.63, 3.8) is 0 Å². The number of halogens is 3. The van der Waals surface area contributed by atoms with E-state index in [1.807, 2.05) is 39.0 Å². The van der Waals surface area contributed by atoms with Gasteiger partial charge in [0.15, 0.2) is 0 Å². The smallest absolute Gasteiger partial charge is 0.230 e. The normalized spacial score (nSPS) is 20.3. The fourth-order valence-electron chi connectivity index (χ4n) is 4.51. The van der Waals surface area contributed by atoms with Gasteiger partial charge in [-0.25, -0.2) is 8.42 Å². The highest BCUT2D eigenvalue weighted by atomic mass is 35.5. The number of benzene rings is 2. The van der Waals surface area contributed by atoms with E-state index in [4.69, 9.17) is 34.8 Å². The number of hydrogen-bond donors (Lipinski definition) is 1. The summed E-state index contributed by atoms with van der Waals surface area (Å²) < 4.78 is 25.6. The number of amides is 1. The molecule has 1 amide bonds. The van der Waals surface area contributed by atoms with Gasteiger partial charge in [0.1, 0.15) is 0 Å². The molecule has 1 aliphatic rings. The SMILES string of the molecule is CC(NC(=O)C(C)(CCN1CCN(S(C)(=O)=O)[C@@H](C)C1)c1ccc(Cl)c(Cl)c1)c1ccc(Cl)cc1. The van der Waals surface area contributed by atoms with Gasteiger partial charge in [-0.2, -0.15) is 4.31 Å². The van der Waals surface area contributed by atoms with Crippen LogP contribution in [-0.4, -0.2) is 62.0 Å². The van der Waals surface area contributed by atoms with Crippen LogP contribution in [0.15, 0.2) is 42.5 Å². The first kappa shape index (κ1) is 28.2. The zero-order chi connectivity index (χ0) is 26.0. The molecule has 0 spiro atoms. The lowest BCUT2D eigenvalue weighted by Crippen LogP contribution is -2.54. The largest absolute Gasteiger partial charge is 0.349 e. The Morgan fingerprint density at radius 2 is 1.77 bits per heavy atom. The van der Waals surface area contributed by atoms with Crippen LogP contribution in [0.1, 0.15) is 44.4 Å². The zero-order valence-corrected chi connectivity index (χ0v) is 23.5. The molecular weight excluding hydrogens is 529 g/mol. The second kappa shape index (κ2) is 11.4. The minimum absolute atomic E-state index is 0.124. The molecule has 0 radical (unpaired) electrons. The average Bonchev–Trinajstić information content (AvgIpc) is 2.78. The molecular formula is C25H32Cl3N3O3S. The van der Waals surface area contributed by atoms with Crippen molar-refractivity contribution in [2.45, 2.75) is 44.7 Å². The van der Waals surface area contributed by atoms with E-state index in [2.05, 4.69) is 10.2 Å². The second-order valence-corrected chi connectivity index (χ2v) is 12.7. The molecule has 0 bridgehead atoms. The Morgan fingerprint density at radius 3 is 2.34 bits per heavy atom. The molecule has 0 aromatic heterocycles. The third kappa shape index (κ3) is 6.90. The molecule has 1 N–H and O–H groups in total. The first-order chi connectivity index (χ1) is 16.3. The third-order valence-corrected chi connectivity index (χ3v) is 9.17. The van der Waals surface area contributed by atoms with Gasteiger partial charge in [0, 0.05) is 30.7 Å². The van der Waals surface area contributed by atoms with E-state index in [-0.39, 0.29) is 18.0 Å². The maximum atomic E-state index is 13.7. The number of hydrogen-bond acceptors (Lipinski definition) is 4. The van der Waals surface area contributed by atoms with Gasteiger partial charge in [-0.3, -0.25) is 4.79 Å². The maximum absolute atomic E-state index is 13.7. The topological polar surface area (TPSA) is 69.7 Å². The Bertz CT molecular complexity index is 1160. The predicted octanol–water partition coefficient (Wildman–Crippen LogP) is 5.14. The summed E-state index contributed by atoms with van der Waals surface area (Å²) in [5, 5.41) is 4.61. The van der Waals surface area contributed by atoms with Crippen LogP contribution in [0.4, 0.5) is 0 Å². The molecule has 10 heteroatoms. The van der Waals surface area contributed by atoms with Crippen molar-refractivity contribution in [3.05, 3.63) is 68.7 Å². The summed E-state index contributed by atoms with van der Waals surface area (Å²) in [5.74, 6) is -0.124. The fraction of sp³-hybridized carbons (Fsp3) is 0.480. The lowest BCUT2D eigenvalue weighted by atomic mass is 9.78. The Labute approximate surface area is 223 Å². The molecule has 35 heavy (non-hydrogen) atoms.